The Balaban J connectivity index is 4.78. The zero-order valence-corrected chi connectivity index (χ0v) is 12.3. The van der Waals surface area contributed by atoms with Crippen LogP contribution in [0.2, 0.25) is 0 Å². The van der Waals surface area contributed by atoms with Crippen LogP contribution in [0.15, 0.2) is 0 Å². The molecule has 0 aliphatic heterocycles. The Morgan fingerprint density at radius 3 is 2.35 bits per heavy atom. The minimum Gasteiger partial charge on any atom is -0.480 e. The van der Waals surface area contributed by atoms with E-state index < -0.39 is 24.0 Å². The number of methoxy groups -OCH3 is 1. The number of nitrogens with zero attached hydrogens (tertiary/aromatic N) is 2. The molecule has 0 rings (SSSR count). The van der Waals surface area contributed by atoms with E-state index in [4.69, 9.17) is 14.6 Å². The summed E-state index contributed by atoms with van der Waals surface area (Å²) in [5.74, 6) is -1.67. The van der Waals surface area contributed by atoms with Crippen molar-refractivity contribution in [2.75, 3.05) is 40.5 Å². The number of likely N-dealkylation sites (N-methyl/N-ethyl adjacent to an activating group) is 1. The third kappa shape index (κ3) is 5.87. The summed E-state index contributed by atoms with van der Waals surface area (Å²) in [6.45, 7) is 3.43. The maximum Gasteiger partial charge on any atom is 0.326 e. The Bertz CT molecular complexity index is 347. The topological polar surface area (TPSA) is 96.4 Å². The highest BCUT2D eigenvalue weighted by Crippen LogP contribution is 2.03. The van der Waals surface area contributed by atoms with Crippen LogP contribution in [-0.4, -0.2) is 79.4 Å². The van der Waals surface area contributed by atoms with E-state index in [1.54, 1.807) is 6.92 Å². The third-order valence-electron chi connectivity index (χ3n) is 2.70. The van der Waals surface area contributed by atoms with Crippen molar-refractivity contribution in [3.63, 3.8) is 0 Å². The van der Waals surface area contributed by atoms with E-state index in [9.17, 15) is 14.4 Å². The van der Waals surface area contributed by atoms with Gasteiger partial charge < -0.3 is 24.4 Å². The van der Waals surface area contributed by atoms with Gasteiger partial charge in [-0.2, -0.15) is 0 Å². The number of amides is 2. The zero-order chi connectivity index (χ0) is 15.7. The van der Waals surface area contributed by atoms with Crippen LogP contribution in [0.5, 0.6) is 0 Å². The number of aliphatic carboxylic acids is 1. The molecule has 20 heavy (non-hydrogen) atoms. The molecular weight excluding hydrogens is 268 g/mol. The molecule has 0 radical (unpaired) electrons. The summed E-state index contributed by atoms with van der Waals surface area (Å²) in [5, 5.41) is 8.90. The van der Waals surface area contributed by atoms with Gasteiger partial charge in [-0.15, -0.1) is 0 Å². The molecule has 0 aromatic heterocycles. The third-order valence-corrected chi connectivity index (χ3v) is 2.70. The van der Waals surface area contributed by atoms with E-state index in [2.05, 4.69) is 0 Å². The predicted octanol–water partition coefficient (Wildman–Crippen LogP) is 0.0228. The maximum absolute atomic E-state index is 12.2. The van der Waals surface area contributed by atoms with Crippen molar-refractivity contribution in [2.45, 2.75) is 19.9 Å². The second-order valence-electron chi connectivity index (χ2n) is 4.13. The van der Waals surface area contributed by atoms with E-state index in [1.165, 1.54) is 26.0 Å². The summed E-state index contributed by atoms with van der Waals surface area (Å²) in [4.78, 5) is 36.7. The molecular formula is C12H22N2O6. The van der Waals surface area contributed by atoms with Crippen molar-refractivity contribution in [3.8, 4) is 0 Å². The normalized spacial score (nSPS) is 11.6. The Kier molecular flexibility index (Phi) is 8.30. The van der Waals surface area contributed by atoms with Gasteiger partial charge in [0.05, 0.1) is 13.2 Å². The molecule has 116 valence electrons. The van der Waals surface area contributed by atoms with E-state index in [0.717, 1.165) is 4.90 Å². The first-order valence-corrected chi connectivity index (χ1v) is 6.24. The molecule has 1 atom stereocenters. The van der Waals surface area contributed by atoms with Crippen LogP contribution in [0, 0.1) is 0 Å². The first-order chi connectivity index (χ1) is 9.34. The lowest BCUT2D eigenvalue weighted by Gasteiger charge is -2.29. The number of hydrogen-bond acceptors (Lipinski definition) is 5. The fourth-order valence-electron chi connectivity index (χ4n) is 1.36. The van der Waals surface area contributed by atoms with Crippen molar-refractivity contribution in [2.24, 2.45) is 0 Å². The lowest BCUT2D eigenvalue weighted by molar-refractivity contribution is -0.144. The van der Waals surface area contributed by atoms with Crippen molar-refractivity contribution < 1.29 is 29.0 Å². The van der Waals surface area contributed by atoms with Crippen LogP contribution in [-0.2, 0) is 19.1 Å². The molecule has 0 heterocycles. The highest BCUT2D eigenvalue weighted by Gasteiger charge is 2.27. The SMILES string of the molecule is CCOC(=O)CN(CCOC)C(=O)N(C)C(C)C(=O)O. The molecule has 0 aliphatic rings. The standard InChI is InChI=1S/C12H22N2O6/c1-5-20-10(15)8-14(6-7-19-4)12(18)13(3)9(2)11(16)17/h9H,5-8H2,1-4H3,(H,16,17). The molecule has 0 aromatic carbocycles. The summed E-state index contributed by atoms with van der Waals surface area (Å²) in [7, 11) is 2.84. The number of carbonyl (C=O) groups excluding carboxylic acids is 2. The molecule has 0 aliphatic carbocycles. The first kappa shape index (κ1) is 18.2. The van der Waals surface area contributed by atoms with Crippen LogP contribution < -0.4 is 0 Å². The number of urea groups is 1. The molecule has 0 saturated carbocycles. The largest absolute Gasteiger partial charge is 0.480 e. The summed E-state index contributed by atoms with van der Waals surface area (Å²) in [6, 6.07) is -1.56. The van der Waals surface area contributed by atoms with Crippen LogP contribution in [0.4, 0.5) is 4.79 Å². The number of rotatable bonds is 8. The quantitative estimate of drug-likeness (QED) is 0.633. The molecule has 0 saturated heterocycles. The van der Waals surface area contributed by atoms with E-state index in [-0.39, 0.29) is 26.3 Å². The van der Waals surface area contributed by atoms with Gasteiger partial charge in [-0.25, -0.2) is 9.59 Å². The van der Waals surface area contributed by atoms with Gasteiger partial charge in [-0.3, -0.25) is 4.79 Å². The molecule has 8 nitrogen and oxygen atoms in total. The highest BCUT2D eigenvalue weighted by molar-refractivity contribution is 5.84. The van der Waals surface area contributed by atoms with Crippen LogP contribution in [0.1, 0.15) is 13.8 Å². The van der Waals surface area contributed by atoms with Gasteiger partial charge in [-0.1, -0.05) is 0 Å². The van der Waals surface area contributed by atoms with Crippen LogP contribution >= 0.6 is 0 Å². The Hall–Kier alpha value is -1.83. The molecule has 0 aromatic rings. The van der Waals surface area contributed by atoms with Gasteiger partial charge in [0.25, 0.3) is 0 Å². The smallest absolute Gasteiger partial charge is 0.326 e. The zero-order valence-electron chi connectivity index (χ0n) is 12.3. The minimum absolute atomic E-state index is 0.171. The summed E-state index contributed by atoms with van der Waals surface area (Å²) >= 11 is 0. The van der Waals surface area contributed by atoms with E-state index in [0.29, 0.717) is 0 Å². The number of esters is 1. The maximum atomic E-state index is 12.2. The van der Waals surface area contributed by atoms with Crippen LogP contribution in [0.3, 0.4) is 0 Å². The Morgan fingerprint density at radius 1 is 1.30 bits per heavy atom. The highest BCUT2D eigenvalue weighted by atomic mass is 16.5. The van der Waals surface area contributed by atoms with Crippen molar-refractivity contribution in [1.82, 2.24) is 9.80 Å². The molecule has 0 bridgehead atoms. The second kappa shape index (κ2) is 9.13. The number of ether oxygens (including phenoxy) is 2. The van der Waals surface area contributed by atoms with Gasteiger partial charge in [0.2, 0.25) is 0 Å². The number of carboxylic acids is 1. The van der Waals surface area contributed by atoms with Crippen molar-refractivity contribution in [1.29, 1.82) is 0 Å². The lowest BCUT2D eigenvalue weighted by Crippen LogP contribution is -2.50. The van der Waals surface area contributed by atoms with Crippen LogP contribution in [0.25, 0.3) is 0 Å². The van der Waals surface area contributed by atoms with Gasteiger partial charge in [0.15, 0.2) is 0 Å². The molecule has 1 N–H and O–H groups in total. The number of hydrogen-bond donors (Lipinski definition) is 1. The minimum atomic E-state index is -1.12. The molecule has 8 heteroatoms. The van der Waals surface area contributed by atoms with Crippen molar-refractivity contribution in [3.05, 3.63) is 0 Å². The molecule has 1 unspecified atom stereocenters. The Labute approximate surface area is 118 Å². The van der Waals surface area contributed by atoms with Gasteiger partial charge in [-0.05, 0) is 13.8 Å². The Morgan fingerprint density at radius 2 is 1.90 bits per heavy atom. The first-order valence-electron chi connectivity index (χ1n) is 6.24. The summed E-state index contributed by atoms with van der Waals surface area (Å²) in [6.07, 6.45) is 0. The number of carboxylic acid groups (broad SMARTS) is 1. The average molecular weight is 290 g/mol. The van der Waals surface area contributed by atoms with Gasteiger partial charge >= 0.3 is 18.0 Å². The molecule has 0 spiro atoms. The molecule has 2 amide bonds. The van der Waals surface area contributed by atoms with E-state index in [1.807, 2.05) is 0 Å². The predicted molar refractivity (Wildman–Crippen MR) is 70.3 cm³/mol. The van der Waals surface area contributed by atoms with Crippen molar-refractivity contribution >= 4 is 18.0 Å². The fraction of sp³-hybridized carbons (Fsp3) is 0.750. The summed E-state index contributed by atoms with van der Waals surface area (Å²) < 4.78 is 9.65. The second-order valence-corrected chi connectivity index (χ2v) is 4.13. The van der Waals surface area contributed by atoms with Gasteiger partial charge in [0.1, 0.15) is 12.6 Å². The van der Waals surface area contributed by atoms with E-state index >= 15 is 0 Å². The molecule has 0 fully saturated rings. The number of carbonyl (C=O) groups is 3. The fourth-order valence-corrected chi connectivity index (χ4v) is 1.36. The monoisotopic (exact) mass is 290 g/mol. The lowest BCUT2D eigenvalue weighted by atomic mass is 10.3. The average Bonchev–Trinajstić information content (AvgIpc) is 2.41. The summed E-state index contributed by atoms with van der Waals surface area (Å²) in [5.41, 5.74) is 0. The van der Waals surface area contributed by atoms with Gasteiger partial charge in [0, 0.05) is 20.7 Å².